The van der Waals surface area contributed by atoms with Crippen LogP contribution in [-0.4, -0.2) is 146 Å². The summed E-state index contributed by atoms with van der Waals surface area (Å²) < 4.78 is 124. The monoisotopic (exact) mass is 1650 g/mol. The second kappa shape index (κ2) is 33.4. The van der Waals surface area contributed by atoms with Gasteiger partial charge in [0.15, 0.2) is 0 Å². The largest absolute Gasteiger partial charge is 0.457 e. The Morgan fingerprint density at radius 1 is 0.415 bits per heavy atom. The van der Waals surface area contributed by atoms with Gasteiger partial charge in [-0.1, -0.05) is 54.6 Å². The quantitative estimate of drug-likeness (QED) is 0.0116. The van der Waals surface area contributed by atoms with E-state index in [-0.39, 0.29) is 138 Å². The number of amides is 8. The number of pyridine rings is 2. The number of benzene rings is 9. The fourth-order valence-corrected chi connectivity index (χ4v) is 16.0. The first-order valence-electron chi connectivity index (χ1n) is 38.0. The van der Waals surface area contributed by atoms with Crippen molar-refractivity contribution in [3.05, 3.63) is 235 Å². The summed E-state index contributed by atoms with van der Waals surface area (Å²) in [4.78, 5) is 135. The van der Waals surface area contributed by atoms with Crippen molar-refractivity contribution in [1.29, 1.82) is 0 Å². The summed E-state index contributed by atoms with van der Waals surface area (Å²) >= 11 is 12.1. The molecule has 2 N–H and O–H groups in total. The molecule has 2 aliphatic rings. The highest BCUT2D eigenvalue weighted by Crippen LogP contribution is 2.59. The Morgan fingerprint density at radius 2 is 0.703 bits per heavy atom. The predicted molar refractivity (Wildman–Crippen MR) is 436 cm³/mol. The van der Waals surface area contributed by atoms with Gasteiger partial charge in [0.2, 0.25) is 17.7 Å². The first kappa shape index (κ1) is 83.8. The molecule has 2 aromatic heterocycles. The minimum Gasteiger partial charge on any atom is -0.457 e. The van der Waals surface area contributed by atoms with Crippen LogP contribution in [0.15, 0.2) is 146 Å². The molecule has 2 aliphatic heterocycles. The van der Waals surface area contributed by atoms with Crippen molar-refractivity contribution in [3.63, 3.8) is 0 Å². The molecule has 20 nitrogen and oxygen atoms in total. The molecule has 0 saturated heterocycles. The first-order chi connectivity index (χ1) is 55.8. The zero-order valence-electron chi connectivity index (χ0n) is 66.3. The van der Waals surface area contributed by atoms with Gasteiger partial charge in [-0.3, -0.25) is 58.1 Å². The minimum absolute atomic E-state index is 0.00531. The molecule has 0 aliphatic carbocycles. The number of hydrogen-bond donors (Lipinski definition) is 2. The highest BCUT2D eigenvalue weighted by atomic mass is 35.5. The van der Waals surface area contributed by atoms with Crippen LogP contribution in [-0.2, 0) is 32.0 Å². The van der Waals surface area contributed by atoms with Gasteiger partial charge in [0.25, 0.3) is 29.5 Å². The molecule has 4 heterocycles. The number of halogens is 8. The van der Waals surface area contributed by atoms with Gasteiger partial charge >= 0.3 is 12.4 Å². The number of aryl methyl sites for hydroxylation is 10. The zero-order valence-corrected chi connectivity index (χ0v) is 67.8. The lowest BCUT2D eigenvalue weighted by Gasteiger charge is -2.38. The molecular formula is C90H82Cl2F6N8O12. The highest BCUT2D eigenvalue weighted by molar-refractivity contribution is 6.45. The molecule has 0 bridgehead atoms. The Hall–Kier alpha value is -12.2. The van der Waals surface area contributed by atoms with E-state index in [2.05, 4.69) is 27.2 Å². The summed E-state index contributed by atoms with van der Waals surface area (Å²) in [6.45, 7) is 20.4. The maximum atomic E-state index is 16.6. The van der Waals surface area contributed by atoms with Crippen molar-refractivity contribution < 1.29 is 83.6 Å². The van der Waals surface area contributed by atoms with E-state index >= 15 is 55.1 Å². The zero-order chi connectivity index (χ0) is 85.0. The van der Waals surface area contributed by atoms with Gasteiger partial charge in [-0.15, -0.1) is 11.6 Å². The number of hydrogen-bond acceptors (Lipinski definition) is 14. The maximum Gasteiger partial charge on any atom is 0.391 e. The fourth-order valence-electron chi connectivity index (χ4n) is 15.9. The average molecular weight is 1650 g/mol. The van der Waals surface area contributed by atoms with Crippen LogP contribution in [0, 0.1) is 69.2 Å². The van der Waals surface area contributed by atoms with Crippen molar-refractivity contribution in [1.82, 2.24) is 40.2 Å². The van der Waals surface area contributed by atoms with Crippen LogP contribution in [0.25, 0.3) is 43.1 Å². The van der Waals surface area contributed by atoms with E-state index in [1.54, 1.807) is 142 Å². The molecule has 0 fully saturated rings. The number of alkyl halides is 7. The first-order valence-corrected chi connectivity index (χ1v) is 38.8. The number of carbonyl (C=O) groups excluding carboxylic acids is 8. The molecule has 0 radical (unpaired) electrons. The number of ether oxygens (including phenoxy) is 4. The second-order valence-corrected chi connectivity index (χ2v) is 31.6. The van der Waals surface area contributed by atoms with E-state index in [1.165, 1.54) is 43.6 Å². The van der Waals surface area contributed by atoms with Crippen LogP contribution in [0.2, 0.25) is 0 Å². The third-order valence-electron chi connectivity index (χ3n) is 20.5. The minimum atomic E-state index is -5.28. The van der Waals surface area contributed by atoms with E-state index in [0.29, 0.717) is 55.6 Å². The van der Waals surface area contributed by atoms with Gasteiger partial charge in [-0.25, -0.2) is 0 Å². The summed E-state index contributed by atoms with van der Waals surface area (Å²) in [5.74, 6) is -10.5. The topological polar surface area (TPSA) is 236 Å². The van der Waals surface area contributed by atoms with Crippen LogP contribution < -0.4 is 29.6 Å². The van der Waals surface area contributed by atoms with Crippen molar-refractivity contribution in [3.8, 4) is 46.0 Å². The Balaban J connectivity index is 1.15. The van der Waals surface area contributed by atoms with Crippen LogP contribution >= 0.6 is 23.2 Å². The van der Waals surface area contributed by atoms with E-state index in [9.17, 15) is 9.59 Å². The Morgan fingerprint density at radius 3 is 0.966 bits per heavy atom. The van der Waals surface area contributed by atoms with Crippen LogP contribution in [0.5, 0.6) is 46.0 Å². The predicted octanol–water partition coefficient (Wildman–Crippen LogP) is 18.4. The smallest absolute Gasteiger partial charge is 0.391 e. The van der Waals surface area contributed by atoms with Gasteiger partial charge in [-0.05, 0) is 229 Å². The number of aromatic nitrogens is 2. The number of carbonyl (C=O) groups is 8. The van der Waals surface area contributed by atoms with E-state index in [0.717, 1.165) is 20.9 Å². The highest BCUT2D eigenvalue weighted by Gasteiger charge is 2.51. The molecule has 0 saturated carbocycles. The molecule has 0 spiro atoms. The van der Waals surface area contributed by atoms with Gasteiger partial charge in [0.05, 0.1) is 40.1 Å². The summed E-state index contributed by atoms with van der Waals surface area (Å²) in [5, 5.41) is 2.71. The van der Waals surface area contributed by atoms with Crippen molar-refractivity contribution in [2.45, 2.75) is 132 Å². The SMILES string of the molecule is C=C(Cl)C(=O)NCCN(CCc1cncc(C)c1)C(=O)C(CC(F)(F)F)N1C(=O)c2cc(Oc3cc(C)cc(C)c3)c3c4c(Oc5cc(C)cc(C)c5)cc5c6c(cc(Oc7cc(C)cc(C)c7)c(c7c(Oc8cc(C)cc(C)c8)cc(c2c37)C1=O)c64)C(=O)N(C(CC(F)(F)F)C(=O)N(CCNC(=O)C(C)Cl)CCc1cncc(C)c1)C5=O. The number of nitrogens with one attached hydrogen (secondary N) is 2. The Labute approximate surface area is 685 Å². The molecule has 28 heteroatoms. The summed E-state index contributed by atoms with van der Waals surface area (Å²) in [7, 11) is 0. The Kier molecular flexibility index (Phi) is 23.7. The molecule has 3 atom stereocenters. The number of rotatable bonds is 28. The van der Waals surface area contributed by atoms with Crippen molar-refractivity contribution >= 4 is 114 Å². The molecule has 8 amide bonds. The summed E-state index contributed by atoms with van der Waals surface area (Å²) in [5.41, 5.74) is 5.95. The molecule has 3 unspecified atom stereocenters. The van der Waals surface area contributed by atoms with Crippen molar-refractivity contribution in [2.24, 2.45) is 0 Å². The number of nitrogens with zero attached hydrogens (tertiary/aromatic N) is 6. The van der Waals surface area contributed by atoms with E-state index in [1.807, 2.05) is 24.3 Å². The number of fused-ring (bicyclic) bond motifs is 2. The van der Waals surface area contributed by atoms with Crippen molar-refractivity contribution in [2.75, 3.05) is 39.3 Å². The number of imide groups is 2. The summed E-state index contributed by atoms with van der Waals surface area (Å²) in [6, 6.07) is 23.6. The van der Waals surface area contributed by atoms with Gasteiger partial charge in [-0.2, -0.15) is 26.3 Å². The molecule has 11 aromatic rings. The van der Waals surface area contributed by atoms with Gasteiger partial charge < -0.3 is 39.4 Å². The molecule has 610 valence electrons. The molecule has 13 rings (SSSR count). The van der Waals surface area contributed by atoms with Crippen LogP contribution in [0.3, 0.4) is 0 Å². The average Bonchev–Trinajstić information content (AvgIpc) is 0.669. The summed E-state index contributed by atoms with van der Waals surface area (Å²) in [6.07, 6.45) is -8.53. The van der Waals surface area contributed by atoms with E-state index < -0.39 is 130 Å². The second-order valence-electron chi connectivity index (χ2n) is 30.5. The molecule has 118 heavy (non-hydrogen) atoms. The standard InChI is InChI=1S/C90H82Cl2F6N8O12/c1-45-21-46(2)28-59(27-45)115-69-35-63-73-64(84(110)105(83(63)109)67(39-89(93,94)95)87(113)103(19-15-101-81(107)55(11)91)17-13-57-25-53(9)41-99-43-57)37-71(117-61-31-49(5)23-50(6)32-61)77-78-72(118-62-33-51(7)24-52(8)34-62)38-66-74-65(36-70(76(80(74)78)75(69)79(73)77)116-60-29-47(3)22-48(4)30-60)85(111)106(86(66)112)68(40-90(96,97)98)88(114)104(20-16-102-82(108)56(12)92)18-14-58-26-54(10)42-100-44-58/h21-38,41-44,56,67-68H,11,13-20,39-40H2,1-10,12H3,(H,101,107)(H,102,108). The van der Waals surface area contributed by atoms with E-state index in [4.69, 9.17) is 42.1 Å². The third-order valence-corrected chi connectivity index (χ3v) is 20.8. The maximum absolute atomic E-state index is 16.6. The molecule has 9 aromatic carbocycles. The third kappa shape index (κ3) is 17.9. The lowest BCUT2D eigenvalue weighted by atomic mass is 9.80. The van der Waals surface area contributed by atoms with Gasteiger partial charge in [0, 0.05) is 107 Å². The molecular weight excluding hydrogens is 1570 g/mol. The Bertz CT molecular complexity index is 5500. The normalized spacial score (nSPS) is 13.7. The fraction of sp³-hybridized carbons (Fsp3) is 0.289. The van der Waals surface area contributed by atoms with Crippen LogP contribution in [0.4, 0.5) is 26.3 Å². The lowest BCUT2D eigenvalue weighted by molar-refractivity contribution is -0.158. The van der Waals surface area contributed by atoms with Crippen LogP contribution in [0.1, 0.15) is 128 Å². The van der Waals surface area contributed by atoms with Gasteiger partial charge in [0.1, 0.15) is 63.5 Å². The lowest BCUT2D eigenvalue weighted by Crippen LogP contribution is -2.57.